The molecule has 1 amide bonds. The smallest absolute Gasteiger partial charge is 0.338 e. The number of amides is 1. The standard InChI is InChI=1S/C24H20F2N2O5S/c1-31-20-6-5-14(10-21(20)32-2)19-12-18(22-4-3-7-34-22)27-28(19)23(29)13-33-24(30)15-8-16(25)11-17(26)9-15/h3-11,19H,12-13H2,1-2H3. The molecule has 0 radical (unpaired) electrons. The van der Waals surface area contributed by atoms with Crippen LogP contribution < -0.4 is 9.47 Å². The van der Waals surface area contributed by atoms with E-state index in [0.717, 1.165) is 22.6 Å². The molecule has 1 atom stereocenters. The van der Waals surface area contributed by atoms with Crippen LogP contribution in [0.4, 0.5) is 8.78 Å². The van der Waals surface area contributed by atoms with Gasteiger partial charge in [-0.15, -0.1) is 11.3 Å². The predicted molar refractivity (Wildman–Crippen MR) is 121 cm³/mol. The van der Waals surface area contributed by atoms with Crippen molar-refractivity contribution in [2.75, 3.05) is 20.8 Å². The molecule has 176 valence electrons. The fourth-order valence-corrected chi connectivity index (χ4v) is 4.32. The Hall–Kier alpha value is -3.79. The monoisotopic (exact) mass is 486 g/mol. The number of halogens is 2. The molecule has 1 aliphatic rings. The zero-order valence-electron chi connectivity index (χ0n) is 18.3. The summed E-state index contributed by atoms with van der Waals surface area (Å²) in [5.41, 5.74) is 1.13. The number of carbonyl (C=O) groups is 2. The molecule has 0 aliphatic carbocycles. The Morgan fingerprint density at radius 1 is 1.06 bits per heavy atom. The third-order valence-corrected chi connectivity index (χ3v) is 6.11. The molecule has 0 saturated carbocycles. The summed E-state index contributed by atoms with van der Waals surface area (Å²) in [6.45, 7) is -0.651. The van der Waals surface area contributed by atoms with Gasteiger partial charge in [0, 0.05) is 12.5 Å². The van der Waals surface area contributed by atoms with Crippen LogP contribution in [0.25, 0.3) is 0 Å². The average molecular weight is 486 g/mol. The molecule has 0 bridgehead atoms. The van der Waals surface area contributed by atoms with Gasteiger partial charge in [0.2, 0.25) is 0 Å². The third-order valence-electron chi connectivity index (χ3n) is 5.19. The van der Waals surface area contributed by atoms with Crippen molar-refractivity contribution in [1.29, 1.82) is 0 Å². The summed E-state index contributed by atoms with van der Waals surface area (Å²) in [4.78, 5) is 26.2. The highest BCUT2D eigenvalue weighted by Gasteiger charge is 2.34. The first kappa shape index (κ1) is 23.4. The maximum Gasteiger partial charge on any atom is 0.338 e. The molecule has 34 heavy (non-hydrogen) atoms. The Kier molecular flexibility index (Phi) is 6.87. The molecule has 2 aromatic carbocycles. The summed E-state index contributed by atoms with van der Waals surface area (Å²) in [5, 5.41) is 7.66. The van der Waals surface area contributed by atoms with Gasteiger partial charge in [-0.3, -0.25) is 4.79 Å². The lowest BCUT2D eigenvalue weighted by atomic mass is 10.0. The minimum absolute atomic E-state index is 0.328. The first-order valence-corrected chi connectivity index (χ1v) is 11.1. The van der Waals surface area contributed by atoms with Crippen molar-refractivity contribution in [2.45, 2.75) is 12.5 Å². The van der Waals surface area contributed by atoms with E-state index in [1.165, 1.54) is 30.6 Å². The van der Waals surface area contributed by atoms with Gasteiger partial charge >= 0.3 is 5.97 Å². The normalized spacial score (nSPS) is 15.1. The fourth-order valence-electron chi connectivity index (χ4n) is 3.60. The molecule has 0 N–H and O–H groups in total. The van der Waals surface area contributed by atoms with E-state index in [1.807, 2.05) is 17.5 Å². The van der Waals surface area contributed by atoms with Crippen molar-refractivity contribution in [3.63, 3.8) is 0 Å². The number of hydrogen-bond acceptors (Lipinski definition) is 7. The zero-order chi connectivity index (χ0) is 24.2. The largest absolute Gasteiger partial charge is 0.493 e. The number of carbonyl (C=O) groups excluding carboxylic acids is 2. The van der Waals surface area contributed by atoms with Crippen LogP contribution in [0.3, 0.4) is 0 Å². The average Bonchev–Trinajstić information content (AvgIpc) is 3.51. The van der Waals surface area contributed by atoms with Crippen LogP contribution in [0.1, 0.15) is 33.3 Å². The van der Waals surface area contributed by atoms with Crippen LogP contribution in [0.2, 0.25) is 0 Å². The van der Waals surface area contributed by atoms with Crippen LogP contribution in [0.5, 0.6) is 11.5 Å². The maximum atomic E-state index is 13.4. The number of nitrogens with zero attached hydrogens (tertiary/aromatic N) is 2. The van der Waals surface area contributed by atoms with Gasteiger partial charge in [-0.05, 0) is 41.3 Å². The number of rotatable bonds is 7. The second-order valence-electron chi connectivity index (χ2n) is 7.33. The molecule has 2 heterocycles. The predicted octanol–water partition coefficient (Wildman–Crippen LogP) is 4.58. The Bertz CT molecular complexity index is 1230. The minimum atomic E-state index is -1.02. The van der Waals surface area contributed by atoms with E-state index in [-0.39, 0.29) is 5.56 Å². The summed E-state index contributed by atoms with van der Waals surface area (Å²) in [5.74, 6) is -2.41. The Labute approximate surface area is 198 Å². The molecule has 3 aromatic rings. The zero-order valence-corrected chi connectivity index (χ0v) is 19.1. The highest BCUT2D eigenvalue weighted by atomic mass is 32.1. The number of thiophene rings is 1. The molecule has 0 fully saturated rings. The second kappa shape index (κ2) is 10.0. The topological polar surface area (TPSA) is 77.4 Å². The van der Waals surface area contributed by atoms with Crippen molar-refractivity contribution in [1.82, 2.24) is 5.01 Å². The van der Waals surface area contributed by atoms with E-state index in [4.69, 9.17) is 14.2 Å². The molecular formula is C24H20F2N2O5S. The number of methoxy groups -OCH3 is 2. The van der Waals surface area contributed by atoms with Gasteiger partial charge in [0.1, 0.15) is 11.6 Å². The summed E-state index contributed by atoms with van der Waals surface area (Å²) in [6.07, 6.45) is 0.435. The lowest BCUT2D eigenvalue weighted by molar-refractivity contribution is -0.136. The van der Waals surface area contributed by atoms with Crippen LogP contribution >= 0.6 is 11.3 Å². The van der Waals surface area contributed by atoms with Crippen LogP contribution in [-0.4, -0.2) is 43.4 Å². The summed E-state index contributed by atoms with van der Waals surface area (Å²) in [6, 6.07) is 10.9. The summed E-state index contributed by atoms with van der Waals surface area (Å²) < 4.78 is 42.5. The molecule has 10 heteroatoms. The molecule has 1 aromatic heterocycles. The van der Waals surface area contributed by atoms with Crippen LogP contribution in [0.15, 0.2) is 59.0 Å². The van der Waals surface area contributed by atoms with Gasteiger partial charge in [0.15, 0.2) is 18.1 Å². The number of hydrazone groups is 1. The Morgan fingerprint density at radius 2 is 1.79 bits per heavy atom. The van der Waals surface area contributed by atoms with E-state index < -0.39 is 36.2 Å². The van der Waals surface area contributed by atoms with E-state index in [1.54, 1.807) is 18.2 Å². The summed E-state index contributed by atoms with van der Waals surface area (Å²) in [7, 11) is 3.04. The highest BCUT2D eigenvalue weighted by molar-refractivity contribution is 7.12. The molecule has 1 unspecified atom stereocenters. The fraction of sp³-hybridized carbons (Fsp3) is 0.208. The number of ether oxygens (including phenoxy) is 3. The quantitative estimate of drug-likeness (QED) is 0.457. The third kappa shape index (κ3) is 4.91. The maximum absolute atomic E-state index is 13.4. The van der Waals surface area contributed by atoms with Gasteiger partial charge in [-0.25, -0.2) is 18.6 Å². The van der Waals surface area contributed by atoms with E-state index in [0.29, 0.717) is 29.7 Å². The SMILES string of the molecule is COc1ccc(C2CC(c3cccs3)=NN2C(=O)COC(=O)c2cc(F)cc(F)c2)cc1OC. The molecule has 1 aliphatic heterocycles. The molecule has 7 nitrogen and oxygen atoms in total. The van der Waals surface area contributed by atoms with Gasteiger partial charge in [0.05, 0.1) is 36.4 Å². The lowest BCUT2D eigenvalue weighted by Gasteiger charge is -2.22. The van der Waals surface area contributed by atoms with E-state index in [9.17, 15) is 18.4 Å². The van der Waals surface area contributed by atoms with Crippen LogP contribution in [0, 0.1) is 11.6 Å². The van der Waals surface area contributed by atoms with Gasteiger partial charge in [-0.1, -0.05) is 12.1 Å². The first-order chi connectivity index (χ1) is 16.4. The molecular weight excluding hydrogens is 466 g/mol. The number of benzene rings is 2. The van der Waals surface area contributed by atoms with Crippen LogP contribution in [-0.2, 0) is 9.53 Å². The highest BCUT2D eigenvalue weighted by Crippen LogP contribution is 2.37. The lowest BCUT2D eigenvalue weighted by Crippen LogP contribution is -2.31. The second-order valence-corrected chi connectivity index (χ2v) is 8.28. The van der Waals surface area contributed by atoms with Crippen molar-refractivity contribution < 1.29 is 32.6 Å². The molecule has 0 saturated heterocycles. The minimum Gasteiger partial charge on any atom is -0.493 e. The molecule has 0 spiro atoms. The van der Waals surface area contributed by atoms with Crippen molar-refractivity contribution in [3.8, 4) is 11.5 Å². The Balaban J connectivity index is 1.56. The van der Waals surface area contributed by atoms with Crippen molar-refractivity contribution in [2.24, 2.45) is 5.10 Å². The molecule has 4 rings (SSSR count). The van der Waals surface area contributed by atoms with E-state index >= 15 is 0 Å². The van der Waals surface area contributed by atoms with Gasteiger partial charge < -0.3 is 14.2 Å². The number of hydrogen-bond donors (Lipinski definition) is 0. The summed E-state index contributed by atoms with van der Waals surface area (Å²) >= 11 is 1.49. The number of esters is 1. The van der Waals surface area contributed by atoms with Crippen molar-refractivity contribution >= 4 is 28.9 Å². The van der Waals surface area contributed by atoms with Crippen molar-refractivity contribution in [3.05, 3.63) is 81.5 Å². The van der Waals surface area contributed by atoms with Gasteiger partial charge in [-0.2, -0.15) is 5.10 Å². The van der Waals surface area contributed by atoms with Gasteiger partial charge in [0.25, 0.3) is 5.91 Å². The first-order valence-electron chi connectivity index (χ1n) is 10.2. The van der Waals surface area contributed by atoms with E-state index in [2.05, 4.69) is 5.10 Å². The Morgan fingerprint density at radius 3 is 2.44 bits per heavy atom.